The van der Waals surface area contributed by atoms with Crippen LogP contribution in [0.1, 0.15) is 17.8 Å². The number of benzene rings is 1. The highest BCUT2D eigenvalue weighted by atomic mass is 35.5. The maximum absolute atomic E-state index is 12.5. The number of nitrogens with zero attached hydrogens (tertiary/aromatic N) is 4. The molecule has 0 spiro atoms. The zero-order valence-corrected chi connectivity index (χ0v) is 15.5. The van der Waals surface area contributed by atoms with Gasteiger partial charge >= 0.3 is 0 Å². The maximum Gasteiger partial charge on any atom is 0.238 e. The van der Waals surface area contributed by atoms with Gasteiger partial charge in [0.15, 0.2) is 0 Å². The van der Waals surface area contributed by atoms with Gasteiger partial charge in [0.2, 0.25) is 5.91 Å². The Bertz CT molecular complexity index is 835. The first-order valence-corrected chi connectivity index (χ1v) is 8.98. The molecule has 0 radical (unpaired) electrons. The van der Waals surface area contributed by atoms with Crippen LogP contribution in [0.4, 0.5) is 5.69 Å². The second-order valence-electron chi connectivity index (χ2n) is 5.66. The van der Waals surface area contributed by atoms with E-state index >= 15 is 0 Å². The van der Waals surface area contributed by atoms with Gasteiger partial charge in [-0.25, -0.2) is 9.67 Å². The standard InChI is InChI=1S/C17H18ClN5OS/c1-12(16-4-3-7-25-16)22(2)9-17(24)21-14-8-13(18)5-6-15(14)23-11-19-10-20-23/h3-8,10-12H,9H2,1-2H3,(H,21,24). The lowest BCUT2D eigenvalue weighted by atomic mass is 10.2. The molecule has 1 amide bonds. The van der Waals surface area contributed by atoms with E-state index in [0.29, 0.717) is 16.4 Å². The maximum atomic E-state index is 12.5. The van der Waals surface area contributed by atoms with E-state index < -0.39 is 0 Å². The summed E-state index contributed by atoms with van der Waals surface area (Å²) >= 11 is 7.76. The smallest absolute Gasteiger partial charge is 0.238 e. The van der Waals surface area contributed by atoms with Gasteiger partial charge in [-0.15, -0.1) is 11.3 Å². The molecule has 1 N–H and O–H groups in total. The van der Waals surface area contributed by atoms with Gasteiger partial charge in [0.05, 0.1) is 17.9 Å². The molecule has 0 saturated heterocycles. The molecule has 1 aromatic carbocycles. The number of anilines is 1. The molecule has 1 unspecified atom stereocenters. The molecule has 25 heavy (non-hydrogen) atoms. The summed E-state index contributed by atoms with van der Waals surface area (Å²) in [4.78, 5) is 19.7. The highest BCUT2D eigenvalue weighted by Gasteiger charge is 2.17. The molecule has 0 aliphatic heterocycles. The zero-order chi connectivity index (χ0) is 17.8. The third-order valence-electron chi connectivity index (χ3n) is 3.91. The van der Waals surface area contributed by atoms with Crippen molar-refractivity contribution in [1.29, 1.82) is 0 Å². The van der Waals surface area contributed by atoms with Crippen LogP contribution >= 0.6 is 22.9 Å². The van der Waals surface area contributed by atoms with Crippen LogP contribution in [0.25, 0.3) is 5.69 Å². The molecular weight excluding hydrogens is 358 g/mol. The number of carbonyl (C=O) groups excluding carboxylic acids is 1. The highest BCUT2D eigenvalue weighted by molar-refractivity contribution is 7.10. The Morgan fingerprint density at radius 3 is 2.96 bits per heavy atom. The van der Waals surface area contributed by atoms with E-state index in [-0.39, 0.29) is 18.5 Å². The van der Waals surface area contributed by atoms with Gasteiger partial charge in [-0.05, 0) is 43.6 Å². The zero-order valence-electron chi connectivity index (χ0n) is 13.9. The molecule has 130 valence electrons. The SMILES string of the molecule is CC(c1cccs1)N(C)CC(=O)Nc1cc(Cl)ccc1-n1cncn1. The normalized spacial score (nSPS) is 12.3. The van der Waals surface area contributed by atoms with Crippen molar-refractivity contribution >= 4 is 34.5 Å². The fourth-order valence-corrected chi connectivity index (χ4v) is 3.46. The lowest BCUT2D eigenvalue weighted by molar-refractivity contribution is -0.117. The van der Waals surface area contributed by atoms with Crippen LogP contribution in [0.3, 0.4) is 0 Å². The number of amides is 1. The summed E-state index contributed by atoms with van der Waals surface area (Å²) in [5, 5.41) is 9.61. The van der Waals surface area contributed by atoms with E-state index in [0.717, 1.165) is 0 Å². The average Bonchev–Trinajstić information content (AvgIpc) is 3.28. The van der Waals surface area contributed by atoms with Gasteiger partial charge in [-0.2, -0.15) is 5.10 Å². The van der Waals surface area contributed by atoms with E-state index in [9.17, 15) is 4.79 Å². The van der Waals surface area contributed by atoms with Crippen LogP contribution in [0, 0.1) is 0 Å². The molecule has 2 aromatic heterocycles. The first-order chi connectivity index (χ1) is 12.0. The van der Waals surface area contributed by atoms with Crippen LogP contribution in [-0.4, -0.2) is 39.2 Å². The molecule has 3 rings (SSSR count). The number of hydrogen-bond acceptors (Lipinski definition) is 5. The summed E-state index contributed by atoms with van der Waals surface area (Å²) in [6, 6.07) is 9.51. The van der Waals surface area contributed by atoms with E-state index in [1.165, 1.54) is 11.2 Å². The third-order valence-corrected chi connectivity index (χ3v) is 5.19. The summed E-state index contributed by atoms with van der Waals surface area (Å²) in [5.74, 6) is -0.116. The van der Waals surface area contributed by atoms with Crippen molar-refractivity contribution in [2.45, 2.75) is 13.0 Å². The number of thiophene rings is 1. The number of rotatable bonds is 6. The van der Waals surface area contributed by atoms with E-state index in [1.807, 2.05) is 23.4 Å². The van der Waals surface area contributed by atoms with Crippen molar-refractivity contribution in [2.75, 3.05) is 18.9 Å². The number of halogens is 1. The van der Waals surface area contributed by atoms with Crippen molar-refractivity contribution in [1.82, 2.24) is 19.7 Å². The summed E-state index contributed by atoms with van der Waals surface area (Å²) in [7, 11) is 1.93. The van der Waals surface area contributed by atoms with Crippen molar-refractivity contribution in [2.24, 2.45) is 0 Å². The largest absolute Gasteiger partial charge is 0.323 e. The summed E-state index contributed by atoms with van der Waals surface area (Å²) in [6.07, 6.45) is 3.01. The molecule has 0 fully saturated rings. The number of hydrogen-bond donors (Lipinski definition) is 1. The minimum atomic E-state index is -0.116. The summed E-state index contributed by atoms with van der Waals surface area (Å²) < 4.78 is 1.59. The molecule has 6 nitrogen and oxygen atoms in total. The minimum Gasteiger partial charge on any atom is -0.323 e. The number of likely N-dealkylation sites (N-methyl/N-ethyl adjacent to an activating group) is 1. The first-order valence-electron chi connectivity index (χ1n) is 7.72. The van der Waals surface area contributed by atoms with Gasteiger partial charge in [-0.1, -0.05) is 17.7 Å². The van der Waals surface area contributed by atoms with Crippen molar-refractivity contribution in [3.8, 4) is 5.69 Å². The Labute approximate surface area is 155 Å². The molecule has 2 heterocycles. The molecule has 0 bridgehead atoms. The molecule has 8 heteroatoms. The Balaban J connectivity index is 1.72. The van der Waals surface area contributed by atoms with Crippen molar-refractivity contribution in [3.63, 3.8) is 0 Å². The second kappa shape index (κ2) is 7.77. The van der Waals surface area contributed by atoms with Gasteiger partial charge in [0.1, 0.15) is 12.7 Å². The van der Waals surface area contributed by atoms with E-state index in [1.54, 1.807) is 40.5 Å². The Morgan fingerprint density at radius 1 is 1.44 bits per heavy atom. The predicted octanol–water partition coefficient (Wildman–Crippen LogP) is 3.61. The second-order valence-corrected chi connectivity index (χ2v) is 7.07. The summed E-state index contributed by atoms with van der Waals surface area (Å²) in [6.45, 7) is 2.35. The average molecular weight is 376 g/mol. The predicted molar refractivity (Wildman–Crippen MR) is 100 cm³/mol. The third kappa shape index (κ3) is 4.25. The minimum absolute atomic E-state index is 0.116. The Kier molecular flexibility index (Phi) is 5.47. The molecule has 0 aliphatic rings. The fourth-order valence-electron chi connectivity index (χ4n) is 2.44. The summed E-state index contributed by atoms with van der Waals surface area (Å²) in [5.41, 5.74) is 1.31. The Morgan fingerprint density at radius 2 is 2.28 bits per heavy atom. The monoisotopic (exact) mass is 375 g/mol. The van der Waals surface area contributed by atoms with E-state index in [2.05, 4.69) is 28.4 Å². The van der Waals surface area contributed by atoms with E-state index in [4.69, 9.17) is 11.6 Å². The molecule has 3 aromatic rings. The van der Waals surface area contributed by atoms with Crippen molar-refractivity contribution in [3.05, 3.63) is 58.3 Å². The lowest BCUT2D eigenvalue weighted by Gasteiger charge is -2.23. The molecule has 1 atom stereocenters. The lowest BCUT2D eigenvalue weighted by Crippen LogP contribution is -2.32. The number of aromatic nitrogens is 3. The molecule has 0 saturated carbocycles. The molecular formula is C17H18ClN5OS. The van der Waals surface area contributed by atoms with Crippen LogP contribution in [0.15, 0.2) is 48.4 Å². The van der Waals surface area contributed by atoms with Gasteiger partial charge in [0, 0.05) is 15.9 Å². The van der Waals surface area contributed by atoms with Gasteiger partial charge < -0.3 is 5.32 Å². The van der Waals surface area contributed by atoms with Crippen LogP contribution in [0.5, 0.6) is 0 Å². The first kappa shape index (κ1) is 17.6. The van der Waals surface area contributed by atoms with Crippen molar-refractivity contribution < 1.29 is 4.79 Å². The number of nitrogens with one attached hydrogen (secondary N) is 1. The van der Waals surface area contributed by atoms with Gasteiger partial charge in [0.25, 0.3) is 0 Å². The quantitative estimate of drug-likeness (QED) is 0.714. The molecule has 0 aliphatic carbocycles. The van der Waals surface area contributed by atoms with Crippen LogP contribution < -0.4 is 5.32 Å². The topological polar surface area (TPSA) is 63.1 Å². The highest BCUT2D eigenvalue weighted by Crippen LogP contribution is 2.25. The Hall–Kier alpha value is -2.22. The number of carbonyl (C=O) groups is 1. The van der Waals surface area contributed by atoms with Crippen LogP contribution in [0.2, 0.25) is 5.02 Å². The van der Waals surface area contributed by atoms with Crippen LogP contribution in [-0.2, 0) is 4.79 Å². The fraction of sp³-hybridized carbons (Fsp3) is 0.235. The van der Waals surface area contributed by atoms with Gasteiger partial charge in [-0.3, -0.25) is 9.69 Å².